The quantitative estimate of drug-likeness (QED) is 0.829. The fraction of sp³-hybridized carbons (Fsp3) is 0.429. The summed E-state index contributed by atoms with van der Waals surface area (Å²) in [5.74, 6) is 0. The van der Waals surface area contributed by atoms with Crippen molar-refractivity contribution < 1.29 is 13.0 Å². The van der Waals surface area contributed by atoms with Crippen molar-refractivity contribution in [2.45, 2.75) is 4.21 Å². The number of rotatable bonds is 4. The lowest BCUT2D eigenvalue weighted by atomic mass is 10.7. The van der Waals surface area contributed by atoms with Crippen LogP contribution in [0, 0.1) is 0 Å². The Bertz CT molecular complexity index is 432. The molecule has 1 N–H and O–H groups in total. The van der Waals surface area contributed by atoms with E-state index in [0.29, 0.717) is 0 Å². The summed E-state index contributed by atoms with van der Waals surface area (Å²) < 4.78 is 36.9. The van der Waals surface area contributed by atoms with Crippen LogP contribution in [0.25, 0.3) is 0 Å². The molecule has 0 saturated heterocycles. The zero-order chi connectivity index (χ0) is 10.8. The lowest BCUT2D eigenvalue weighted by Crippen LogP contribution is -2.23. The molecule has 0 radical (unpaired) electrons. The molecule has 0 bridgehead atoms. The molecule has 0 amide bonds. The fourth-order valence-corrected chi connectivity index (χ4v) is 4.35. The van der Waals surface area contributed by atoms with E-state index < -0.39 is 17.2 Å². The van der Waals surface area contributed by atoms with Crippen molar-refractivity contribution >= 4 is 28.5 Å². The second-order valence-corrected chi connectivity index (χ2v) is 9.72. The summed E-state index contributed by atoms with van der Waals surface area (Å²) in [6.07, 6.45) is 0.00718. The van der Waals surface area contributed by atoms with Crippen LogP contribution in [0.15, 0.2) is 21.7 Å². The minimum Gasteiger partial charge on any atom is -0.323 e. The van der Waals surface area contributed by atoms with E-state index in [4.69, 9.17) is 0 Å². The Morgan fingerprint density at radius 1 is 1.50 bits per heavy atom. The van der Waals surface area contributed by atoms with E-state index in [1.165, 1.54) is 6.07 Å². The van der Waals surface area contributed by atoms with E-state index in [9.17, 15) is 13.0 Å². The van der Waals surface area contributed by atoms with Gasteiger partial charge in [-0.05, 0) is 24.8 Å². The monoisotopic (exact) mass is 253 g/mol. The van der Waals surface area contributed by atoms with Crippen LogP contribution in [0.5, 0.6) is 0 Å². The summed E-state index contributed by atoms with van der Waals surface area (Å²) in [4.78, 5) is 0. The molecule has 7 heteroatoms. The van der Waals surface area contributed by atoms with Gasteiger partial charge in [-0.1, -0.05) is 6.07 Å². The van der Waals surface area contributed by atoms with Gasteiger partial charge >= 0.3 is 0 Å². The first-order valence-corrected chi connectivity index (χ1v) is 9.03. The van der Waals surface area contributed by atoms with Crippen LogP contribution in [0.2, 0.25) is 0 Å². The summed E-state index contributed by atoms with van der Waals surface area (Å²) in [7, 11) is -5.80. The lowest BCUT2D eigenvalue weighted by molar-refractivity contribution is 0.573. The molecule has 1 aromatic heterocycles. The van der Waals surface area contributed by atoms with E-state index in [2.05, 4.69) is 4.72 Å². The summed E-state index contributed by atoms with van der Waals surface area (Å²) >= 11 is 1.14. The molecule has 0 atom stereocenters. The van der Waals surface area contributed by atoms with Crippen LogP contribution in [0.1, 0.15) is 0 Å². The maximum atomic E-state index is 11.5. The fourth-order valence-electron chi connectivity index (χ4n) is 0.728. The van der Waals surface area contributed by atoms with Crippen molar-refractivity contribution in [3.05, 3.63) is 17.5 Å². The highest BCUT2D eigenvalue weighted by Gasteiger charge is 2.17. The van der Waals surface area contributed by atoms with Crippen LogP contribution >= 0.6 is 18.5 Å². The van der Waals surface area contributed by atoms with E-state index in [1.54, 1.807) is 24.8 Å². The SMILES string of the molecule is CP(C)(=O)CNS(=O)(=O)c1cccs1. The second-order valence-electron chi connectivity index (χ2n) is 3.31. The average molecular weight is 253 g/mol. The molecule has 0 aliphatic heterocycles. The Labute approximate surface area is 87.8 Å². The largest absolute Gasteiger partial charge is 0.323 e. The average Bonchev–Trinajstić information content (AvgIpc) is 2.52. The van der Waals surface area contributed by atoms with E-state index >= 15 is 0 Å². The smallest absolute Gasteiger partial charge is 0.250 e. The Morgan fingerprint density at radius 3 is 2.57 bits per heavy atom. The van der Waals surface area contributed by atoms with E-state index in [0.717, 1.165) is 11.3 Å². The molecule has 0 aliphatic rings. The summed E-state index contributed by atoms with van der Waals surface area (Å²) in [6, 6.07) is 3.18. The highest BCUT2D eigenvalue weighted by Crippen LogP contribution is 2.34. The van der Waals surface area contributed by atoms with Crippen molar-refractivity contribution in [2.75, 3.05) is 19.6 Å². The number of thiophene rings is 1. The molecule has 80 valence electrons. The van der Waals surface area contributed by atoms with Crippen molar-refractivity contribution in [2.24, 2.45) is 0 Å². The summed E-state index contributed by atoms with van der Waals surface area (Å²) in [5.41, 5.74) is 0. The number of hydrogen-bond donors (Lipinski definition) is 1. The summed E-state index contributed by atoms with van der Waals surface area (Å²) in [6.45, 7) is 3.09. The zero-order valence-corrected chi connectivity index (χ0v) is 10.5. The van der Waals surface area contributed by atoms with Crippen LogP contribution < -0.4 is 4.72 Å². The Hall–Kier alpha value is -0.160. The number of nitrogens with one attached hydrogen (secondary N) is 1. The van der Waals surface area contributed by atoms with Crippen molar-refractivity contribution in [3.8, 4) is 0 Å². The summed E-state index contributed by atoms with van der Waals surface area (Å²) in [5, 5.41) is 1.69. The van der Waals surface area contributed by atoms with Gasteiger partial charge in [-0.3, -0.25) is 0 Å². The lowest BCUT2D eigenvalue weighted by Gasteiger charge is -2.07. The van der Waals surface area contributed by atoms with Gasteiger partial charge in [0.25, 0.3) is 0 Å². The normalized spacial score (nSPS) is 13.0. The molecule has 1 heterocycles. The topological polar surface area (TPSA) is 63.2 Å². The second kappa shape index (κ2) is 4.14. The molecule has 0 fully saturated rings. The molecule has 14 heavy (non-hydrogen) atoms. The molecule has 0 aliphatic carbocycles. The third-order valence-electron chi connectivity index (χ3n) is 1.40. The predicted molar refractivity (Wildman–Crippen MR) is 59.0 cm³/mol. The molecule has 0 aromatic carbocycles. The molecule has 1 aromatic rings. The predicted octanol–water partition coefficient (Wildman–Crippen LogP) is 1.61. The highest BCUT2D eigenvalue weighted by atomic mass is 32.2. The van der Waals surface area contributed by atoms with Gasteiger partial charge in [-0.25, -0.2) is 13.1 Å². The molecule has 1 rings (SSSR count). The van der Waals surface area contributed by atoms with Gasteiger partial charge in [-0.2, -0.15) is 0 Å². The van der Waals surface area contributed by atoms with Gasteiger partial charge < -0.3 is 4.57 Å². The van der Waals surface area contributed by atoms with E-state index in [-0.39, 0.29) is 10.5 Å². The molecule has 0 saturated carbocycles. The van der Waals surface area contributed by atoms with Gasteiger partial charge in [0.15, 0.2) is 0 Å². The third-order valence-corrected chi connectivity index (χ3v) is 5.33. The van der Waals surface area contributed by atoms with Gasteiger partial charge in [0.05, 0.1) is 13.4 Å². The Morgan fingerprint density at radius 2 is 2.14 bits per heavy atom. The molecule has 0 spiro atoms. The number of hydrogen-bond acceptors (Lipinski definition) is 4. The third kappa shape index (κ3) is 3.53. The van der Waals surface area contributed by atoms with Crippen LogP contribution in [0.4, 0.5) is 0 Å². The molecular weight excluding hydrogens is 241 g/mol. The minimum absolute atomic E-state index is 0.00718. The van der Waals surface area contributed by atoms with Crippen molar-refractivity contribution in [1.29, 1.82) is 0 Å². The highest BCUT2D eigenvalue weighted by molar-refractivity contribution is 7.91. The first-order chi connectivity index (χ1) is 6.31. The van der Waals surface area contributed by atoms with Gasteiger partial charge in [0.2, 0.25) is 10.0 Å². The van der Waals surface area contributed by atoms with E-state index in [1.807, 2.05) is 0 Å². The zero-order valence-electron chi connectivity index (χ0n) is 7.93. The molecular formula is C7H12NO3PS2. The van der Waals surface area contributed by atoms with Crippen molar-refractivity contribution in [3.63, 3.8) is 0 Å². The van der Waals surface area contributed by atoms with Gasteiger partial charge in [-0.15, -0.1) is 11.3 Å². The van der Waals surface area contributed by atoms with Crippen LogP contribution in [-0.2, 0) is 14.6 Å². The Balaban J connectivity index is 2.75. The molecule has 4 nitrogen and oxygen atoms in total. The first kappa shape index (κ1) is 11.9. The van der Waals surface area contributed by atoms with Crippen LogP contribution in [-0.4, -0.2) is 28.0 Å². The maximum absolute atomic E-state index is 11.5. The molecule has 0 unspecified atom stereocenters. The van der Waals surface area contributed by atoms with Crippen LogP contribution in [0.3, 0.4) is 0 Å². The maximum Gasteiger partial charge on any atom is 0.250 e. The van der Waals surface area contributed by atoms with Crippen molar-refractivity contribution in [1.82, 2.24) is 4.72 Å². The van der Waals surface area contributed by atoms with Gasteiger partial charge in [0, 0.05) is 0 Å². The Kier molecular flexibility index (Phi) is 3.53. The first-order valence-electron chi connectivity index (χ1n) is 3.88. The van der Waals surface area contributed by atoms with Gasteiger partial charge in [0.1, 0.15) is 4.21 Å². The standard InChI is InChI=1S/C7H12NO3PS2/c1-12(2,9)6-8-14(10,11)7-4-3-5-13-7/h3-5,8H,6H2,1-2H3. The minimum atomic E-state index is -3.45. The number of sulfonamides is 1.